The highest BCUT2D eigenvalue weighted by Gasteiger charge is 2.17. The van der Waals surface area contributed by atoms with Gasteiger partial charge >= 0.3 is 6.61 Å². The molecule has 0 aliphatic rings. The summed E-state index contributed by atoms with van der Waals surface area (Å²) in [7, 11) is 0. The van der Waals surface area contributed by atoms with E-state index in [1.807, 2.05) is 0 Å². The van der Waals surface area contributed by atoms with Gasteiger partial charge in [-0.1, -0.05) is 12.1 Å². The van der Waals surface area contributed by atoms with Crippen molar-refractivity contribution >= 4 is 5.88 Å². The van der Waals surface area contributed by atoms with Crippen LogP contribution in [0.15, 0.2) is 28.7 Å². The summed E-state index contributed by atoms with van der Waals surface area (Å²) >= 11 is 0. The number of furan rings is 1. The lowest BCUT2D eigenvalue weighted by atomic mass is 10.1. The largest absolute Gasteiger partial charge is 0.504 e. The molecule has 96 valence electrons. The number of ether oxygens (including phenoxy) is 1. The number of hydrogen-bond acceptors (Lipinski definition) is 4. The van der Waals surface area contributed by atoms with Gasteiger partial charge in [0.25, 0.3) is 0 Å². The summed E-state index contributed by atoms with van der Waals surface area (Å²) in [6.07, 6.45) is 0. The fraction of sp³-hybridized carbons (Fsp3) is 0.167. The van der Waals surface area contributed by atoms with E-state index in [2.05, 4.69) is 4.74 Å². The molecule has 0 aliphatic carbocycles. The first-order valence-electron chi connectivity index (χ1n) is 5.12. The molecule has 0 fully saturated rings. The molecule has 1 aromatic heterocycles. The fourth-order valence-electron chi connectivity index (χ4n) is 1.66. The highest BCUT2D eigenvalue weighted by atomic mass is 19.3. The zero-order chi connectivity index (χ0) is 13.3. The number of halogens is 2. The first-order chi connectivity index (χ1) is 8.49. The molecule has 0 radical (unpaired) electrons. The Morgan fingerprint density at radius 1 is 1.39 bits per heavy atom. The minimum atomic E-state index is -2.91. The molecular formula is C12H11F2NO3. The van der Waals surface area contributed by atoms with E-state index < -0.39 is 6.61 Å². The van der Waals surface area contributed by atoms with Crippen LogP contribution < -0.4 is 10.5 Å². The first kappa shape index (κ1) is 12.2. The monoisotopic (exact) mass is 255 g/mol. The van der Waals surface area contributed by atoms with Crippen LogP contribution in [-0.4, -0.2) is 11.7 Å². The third-order valence-corrected chi connectivity index (χ3v) is 2.43. The van der Waals surface area contributed by atoms with Crippen molar-refractivity contribution in [3.63, 3.8) is 0 Å². The number of rotatable bonds is 3. The third kappa shape index (κ3) is 2.22. The minimum absolute atomic E-state index is 0.0137. The van der Waals surface area contributed by atoms with Gasteiger partial charge in [0.1, 0.15) is 11.5 Å². The average Bonchev–Trinajstić information content (AvgIpc) is 2.52. The van der Waals surface area contributed by atoms with Crippen molar-refractivity contribution in [2.24, 2.45) is 0 Å². The molecule has 18 heavy (non-hydrogen) atoms. The summed E-state index contributed by atoms with van der Waals surface area (Å²) in [4.78, 5) is 0. The van der Waals surface area contributed by atoms with Crippen LogP contribution >= 0.6 is 0 Å². The SMILES string of the molecule is Cc1oc(N)c(-c2cccc(OC(F)F)c2)c1O. The minimum Gasteiger partial charge on any atom is -0.504 e. The Kier molecular flexibility index (Phi) is 3.10. The van der Waals surface area contributed by atoms with Gasteiger partial charge in [-0.05, 0) is 24.6 Å². The van der Waals surface area contributed by atoms with Crippen molar-refractivity contribution < 1.29 is 23.0 Å². The summed E-state index contributed by atoms with van der Waals surface area (Å²) in [5.74, 6) is 0.170. The van der Waals surface area contributed by atoms with Crippen molar-refractivity contribution in [1.82, 2.24) is 0 Å². The van der Waals surface area contributed by atoms with Crippen LogP contribution in [-0.2, 0) is 0 Å². The van der Waals surface area contributed by atoms with Crippen LogP contribution in [0.1, 0.15) is 5.76 Å². The molecule has 0 spiro atoms. The molecule has 0 saturated heterocycles. The smallest absolute Gasteiger partial charge is 0.387 e. The summed E-state index contributed by atoms with van der Waals surface area (Å²) in [5, 5.41) is 9.78. The van der Waals surface area contributed by atoms with E-state index in [0.29, 0.717) is 5.56 Å². The quantitative estimate of drug-likeness (QED) is 0.884. The molecule has 1 aromatic carbocycles. The topological polar surface area (TPSA) is 68.6 Å². The van der Waals surface area contributed by atoms with E-state index in [1.54, 1.807) is 13.0 Å². The maximum atomic E-state index is 12.1. The second-order valence-corrected chi connectivity index (χ2v) is 3.65. The lowest BCUT2D eigenvalue weighted by Gasteiger charge is -2.06. The Bertz CT molecular complexity index is 566. The van der Waals surface area contributed by atoms with Crippen molar-refractivity contribution in [3.8, 4) is 22.6 Å². The Labute approximate surface area is 102 Å². The van der Waals surface area contributed by atoms with Gasteiger partial charge in [0.2, 0.25) is 5.88 Å². The maximum Gasteiger partial charge on any atom is 0.387 e. The fourth-order valence-corrected chi connectivity index (χ4v) is 1.66. The number of hydrogen-bond donors (Lipinski definition) is 2. The van der Waals surface area contributed by atoms with E-state index in [0.717, 1.165) is 0 Å². The van der Waals surface area contributed by atoms with Gasteiger partial charge in [-0.15, -0.1) is 0 Å². The highest BCUT2D eigenvalue weighted by molar-refractivity contribution is 5.80. The number of nitrogens with two attached hydrogens (primary N) is 1. The van der Waals surface area contributed by atoms with Crippen LogP contribution in [0.5, 0.6) is 11.5 Å². The Balaban J connectivity index is 2.44. The maximum absolute atomic E-state index is 12.1. The number of alkyl halides is 2. The molecular weight excluding hydrogens is 244 g/mol. The van der Waals surface area contributed by atoms with E-state index in [9.17, 15) is 13.9 Å². The molecule has 1 heterocycles. The van der Waals surface area contributed by atoms with Gasteiger partial charge in [-0.2, -0.15) is 8.78 Å². The first-order valence-corrected chi connectivity index (χ1v) is 5.12. The molecule has 0 bridgehead atoms. The van der Waals surface area contributed by atoms with E-state index in [4.69, 9.17) is 10.2 Å². The van der Waals surface area contributed by atoms with Crippen LogP contribution in [0.3, 0.4) is 0 Å². The lowest BCUT2D eigenvalue weighted by molar-refractivity contribution is -0.0498. The van der Waals surface area contributed by atoms with Crippen LogP contribution in [0, 0.1) is 6.92 Å². The zero-order valence-corrected chi connectivity index (χ0v) is 9.48. The summed E-state index contributed by atoms with van der Waals surface area (Å²) in [6, 6.07) is 5.87. The number of aromatic hydroxyl groups is 1. The van der Waals surface area contributed by atoms with Crippen molar-refractivity contribution in [1.29, 1.82) is 0 Å². The van der Waals surface area contributed by atoms with Crippen LogP contribution in [0.25, 0.3) is 11.1 Å². The summed E-state index contributed by atoms with van der Waals surface area (Å²) < 4.78 is 33.5. The molecule has 4 nitrogen and oxygen atoms in total. The van der Waals surface area contributed by atoms with Gasteiger partial charge < -0.3 is 20.0 Å². The van der Waals surface area contributed by atoms with Gasteiger partial charge in [-0.25, -0.2) is 0 Å². The second-order valence-electron chi connectivity index (χ2n) is 3.65. The molecule has 0 amide bonds. The summed E-state index contributed by atoms with van der Waals surface area (Å²) in [5.41, 5.74) is 6.32. The van der Waals surface area contributed by atoms with Gasteiger partial charge in [0.05, 0.1) is 5.56 Å². The predicted octanol–water partition coefficient (Wildman–Crippen LogP) is 3.14. The highest BCUT2D eigenvalue weighted by Crippen LogP contribution is 2.40. The van der Waals surface area contributed by atoms with E-state index in [1.165, 1.54) is 18.2 Å². The summed E-state index contributed by atoms with van der Waals surface area (Å²) in [6.45, 7) is -1.35. The number of anilines is 1. The van der Waals surface area contributed by atoms with Gasteiger partial charge in [0, 0.05) is 0 Å². The molecule has 0 unspecified atom stereocenters. The molecule has 3 N–H and O–H groups in total. The number of benzene rings is 1. The Morgan fingerprint density at radius 2 is 2.11 bits per heavy atom. The molecule has 6 heteroatoms. The van der Waals surface area contributed by atoms with Crippen LogP contribution in [0.4, 0.5) is 14.7 Å². The Morgan fingerprint density at radius 3 is 2.67 bits per heavy atom. The molecule has 2 rings (SSSR count). The third-order valence-electron chi connectivity index (χ3n) is 2.43. The zero-order valence-electron chi connectivity index (χ0n) is 9.48. The molecule has 0 saturated carbocycles. The van der Waals surface area contributed by atoms with Crippen molar-refractivity contribution in [2.75, 3.05) is 5.73 Å². The molecule has 0 aliphatic heterocycles. The average molecular weight is 255 g/mol. The normalized spacial score (nSPS) is 10.9. The van der Waals surface area contributed by atoms with Gasteiger partial charge in [0.15, 0.2) is 5.75 Å². The standard InChI is InChI=1S/C12H11F2NO3/c1-6-10(16)9(11(15)17-6)7-3-2-4-8(5-7)18-12(13)14/h2-5,12,16H,15H2,1H3. The number of aryl methyl sites for hydroxylation is 1. The predicted molar refractivity (Wildman–Crippen MR) is 61.6 cm³/mol. The van der Waals surface area contributed by atoms with E-state index >= 15 is 0 Å². The van der Waals surface area contributed by atoms with E-state index in [-0.39, 0.29) is 28.7 Å². The number of nitrogen functional groups attached to an aromatic ring is 1. The lowest BCUT2D eigenvalue weighted by Crippen LogP contribution is -2.01. The molecule has 0 atom stereocenters. The second kappa shape index (κ2) is 4.56. The van der Waals surface area contributed by atoms with Crippen molar-refractivity contribution in [3.05, 3.63) is 30.0 Å². The Hall–Kier alpha value is -2.24. The van der Waals surface area contributed by atoms with Gasteiger partial charge in [-0.3, -0.25) is 0 Å². The van der Waals surface area contributed by atoms with Crippen molar-refractivity contribution in [2.45, 2.75) is 13.5 Å². The molecule has 2 aromatic rings. The van der Waals surface area contributed by atoms with Crippen LogP contribution in [0.2, 0.25) is 0 Å².